The van der Waals surface area contributed by atoms with Gasteiger partial charge in [-0.25, -0.2) is 4.85 Å². The molecule has 0 saturated carbocycles. The van der Waals surface area contributed by atoms with E-state index in [1.165, 1.54) is 6.07 Å². The highest BCUT2D eigenvalue weighted by Gasteiger charge is 2.44. The van der Waals surface area contributed by atoms with E-state index in [2.05, 4.69) is 14.9 Å². The summed E-state index contributed by atoms with van der Waals surface area (Å²) in [5.41, 5.74) is 7.96. The van der Waals surface area contributed by atoms with E-state index >= 15 is 0 Å². The van der Waals surface area contributed by atoms with Gasteiger partial charge >= 0.3 is 0 Å². The summed E-state index contributed by atoms with van der Waals surface area (Å²) < 4.78 is 5.46. The minimum absolute atomic E-state index is 0.321. The number of azide groups is 1. The number of hydrogen-bond donors (Lipinski definition) is 3. The molecule has 0 aromatic heterocycles. The van der Waals surface area contributed by atoms with Crippen molar-refractivity contribution < 1.29 is 20.1 Å². The summed E-state index contributed by atoms with van der Waals surface area (Å²) in [5.74, 6) is 0. The standard InChI is InChI=1S/C13H13ClN4O4S/c1-16-7-3-2-6(14)4-9(7)23-13-12(21)10(17-18-15)11(20)8(5-19)22-13/h2-4,8,10-13,19-21H,5H2/t8?,10?,11-,12-,13+/m0/s1. The van der Waals surface area contributed by atoms with Crippen molar-refractivity contribution >= 4 is 29.1 Å². The molecule has 1 heterocycles. The monoisotopic (exact) mass is 356 g/mol. The number of nitrogens with zero attached hydrogens (tertiary/aromatic N) is 4. The number of thioether (sulfide) groups is 1. The maximum absolute atomic E-state index is 10.3. The predicted molar refractivity (Wildman–Crippen MR) is 84.3 cm³/mol. The summed E-state index contributed by atoms with van der Waals surface area (Å²) >= 11 is 6.93. The van der Waals surface area contributed by atoms with Crippen molar-refractivity contribution in [3.8, 4) is 0 Å². The van der Waals surface area contributed by atoms with Crippen LogP contribution in [0.5, 0.6) is 0 Å². The number of aliphatic hydroxyl groups excluding tert-OH is 3. The Labute approximate surface area is 141 Å². The summed E-state index contributed by atoms with van der Waals surface area (Å²) in [6.45, 7) is 6.65. The van der Waals surface area contributed by atoms with Crippen LogP contribution in [0.15, 0.2) is 28.2 Å². The summed E-state index contributed by atoms with van der Waals surface area (Å²) in [6.07, 6.45) is -3.66. The van der Waals surface area contributed by atoms with Crippen LogP contribution >= 0.6 is 23.4 Å². The summed E-state index contributed by atoms with van der Waals surface area (Å²) in [6, 6.07) is 3.49. The smallest absolute Gasteiger partial charge is 0.200 e. The molecule has 2 unspecified atom stereocenters. The van der Waals surface area contributed by atoms with E-state index < -0.39 is 36.4 Å². The van der Waals surface area contributed by atoms with Gasteiger partial charge in [0.2, 0.25) is 5.69 Å². The zero-order chi connectivity index (χ0) is 17.0. The molecule has 122 valence electrons. The average Bonchev–Trinajstić information content (AvgIpc) is 2.54. The highest BCUT2D eigenvalue weighted by Crippen LogP contribution is 2.39. The fourth-order valence-corrected chi connectivity index (χ4v) is 3.58. The predicted octanol–water partition coefficient (Wildman–Crippen LogP) is 2.10. The normalized spacial score (nSPS) is 30.3. The Hall–Kier alpha value is -1.50. The molecule has 5 atom stereocenters. The van der Waals surface area contributed by atoms with Gasteiger partial charge in [-0.05, 0) is 11.6 Å². The second-order valence-corrected chi connectivity index (χ2v) is 6.32. The molecule has 1 aromatic carbocycles. The lowest BCUT2D eigenvalue weighted by Crippen LogP contribution is -2.56. The minimum atomic E-state index is -1.33. The SMILES string of the molecule is [C-]#[N+]c1ccc(Cl)cc1S[C@H]1OC(CO)[C@H](O)C(N=[N+]=[N-])[C@@H]1O. The second kappa shape index (κ2) is 7.86. The molecule has 3 N–H and O–H groups in total. The van der Waals surface area contributed by atoms with Gasteiger partial charge in [0, 0.05) is 14.8 Å². The molecule has 0 spiro atoms. The van der Waals surface area contributed by atoms with Crippen LogP contribution in [0.25, 0.3) is 15.3 Å². The molecule has 8 nitrogen and oxygen atoms in total. The van der Waals surface area contributed by atoms with Gasteiger partial charge < -0.3 is 20.1 Å². The Morgan fingerprint density at radius 3 is 2.74 bits per heavy atom. The Morgan fingerprint density at radius 2 is 2.13 bits per heavy atom. The van der Waals surface area contributed by atoms with Crippen LogP contribution in [0.4, 0.5) is 5.69 Å². The van der Waals surface area contributed by atoms with Gasteiger partial charge in [-0.2, -0.15) is 0 Å². The number of ether oxygens (including phenoxy) is 1. The van der Waals surface area contributed by atoms with Gasteiger partial charge in [0.15, 0.2) is 0 Å². The van der Waals surface area contributed by atoms with Crippen LogP contribution in [0.1, 0.15) is 0 Å². The Morgan fingerprint density at radius 1 is 1.39 bits per heavy atom. The molecular weight excluding hydrogens is 344 g/mol. The van der Waals surface area contributed by atoms with Crippen molar-refractivity contribution in [1.29, 1.82) is 0 Å². The fourth-order valence-electron chi connectivity index (χ4n) is 2.16. The first kappa shape index (κ1) is 17.8. The van der Waals surface area contributed by atoms with Gasteiger partial charge in [0.05, 0.1) is 25.3 Å². The zero-order valence-corrected chi connectivity index (χ0v) is 13.2. The first-order chi connectivity index (χ1) is 11.0. The Bertz CT molecular complexity index is 664. The van der Waals surface area contributed by atoms with Crippen LogP contribution in [0.2, 0.25) is 5.02 Å². The molecule has 10 heteroatoms. The highest BCUT2D eigenvalue weighted by molar-refractivity contribution is 8.00. The molecular formula is C13H13ClN4O4S. The molecule has 1 aromatic rings. The van der Waals surface area contributed by atoms with E-state index in [1.54, 1.807) is 12.1 Å². The third-order valence-corrected chi connectivity index (χ3v) is 4.76. The zero-order valence-electron chi connectivity index (χ0n) is 11.7. The van der Waals surface area contributed by atoms with Crippen molar-refractivity contribution in [3.63, 3.8) is 0 Å². The van der Waals surface area contributed by atoms with Crippen LogP contribution in [0.3, 0.4) is 0 Å². The third-order valence-electron chi connectivity index (χ3n) is 3.32. The number of aliphatic hydroxyl groups is 3. The largest absolute Gasteiger partial charge is 0.394 e. The van der Waals surface area contributed by atoms with E-state index in [9.17, 15) is 15.3 Å². The highest BCUT2D eigenvalue weighted by atomic mass is 35.5. The molecule has 1 fully saturated rings. The number of halogens is 1. The van der Waals surface area contributed by atoms with Crippen molar-refractivity contribution in [2.24, 2.45) is 5.11 Å². The number of benzene rings is 1. The Kier molecular flexibility index (Phi) is 6.10. The number of hydrogen-bond acceptors (Lipinski definition) is 6. The fraction of sp³-hybridized carbons (Fsp3) is 0.462. The summed E-state index contributed by atoms with van der Waals surface area (Å²) in [4.78, 5) is 6.45. The van der Waals surface area contributed by atoms with E-state index in [0.29, 0.717) is 15.6 Å². The van der Waals surface area contributed by atoms with E-state index in [0.717, 1.165) is 11.8 Å². The molecule has 0 radical (unpaired) electrons. The maximum atomic E-state index is 10.3. The van der Waals surface area contributed by atoms with Crippen molar-refractivity contribution in [2.45, 2.75) is 34.7 Å². The summed E-state index contributed by atoms with van der Waals surface area (Å²) in [7, 11) is 0. The van der Waals surface area contributed by atoms with E-state index in [-0.39, 0.29) is 0 Å². The van der Waals surface area contributed by atoms with Crippen LogP contribution in [0, 0.1) is 6.57 Å². The van der Waals surface area contributed by atoms with Crippen molar-refractivity contribution in [3.05, 3.63) is 45.1 Å². The van der Waals surface area contributed by atoms with Crippen LogP contribution in [-0.4, -0.2) is 51.7 Å². The lowest BCUT2D eigenvalue weighted by Gasteiger charge is -2.40. The molecule has 0 aliphatic carbocycles. The summed E-state index contributed by atoms with van der Waals surface area (Å²) in [5, 5.41) is 33.3. The van der Waals surface area contributed by atoms with Crippen molar-refractivity contribution in [2.75, 3.05) is 6.61 Å². The first-order valence-corrected chi connectivity index (χ1v) is 7.78. The molecule has 1 saturated heterocycles. The van der Waals surface area contributed by atoms with Gasteiger partial charge in [-0.1, -0.05) is 28.8 Å². The average molecular weight is 357 g/mol. The van der Waals surface area contributed by atoms with Crippen LogP contribution in [-0.2, 0) is 4.74 Å². The van der Waals surface area contributed by atoms with Gasteiger partial charge in [0.1, 0.15) is 17.6 Å². The van der Waals surface area contributed by atoms with Crippen LogP contribution < -0.4 is 0 Å². The quantitative estimate of drug-likeness (QED) is 0.330. The van der Waals surface area contributed by atoms with E-state index in [4.69, 9.17) is 28.4 Å². The molecule has 1 aliphatic heterocycles. The van der Waals surface area contributed by atoms with Gasteiger partial charge in [-0.3, -0.25) is 0 Å². The van der Waals surface area contributed by atoms with E-state index in [1.807, 2.05) is 0 Å². The molecule has 1 aliphatic rings. The second-order valence-electron chi connectivity index (χ2n) is 4.74. The van der Waals surface area contributed by atoms with Gasteiger partial charge in [-0.15, -0.1) is 11.8 Å². The topological polar surface area (TPSA) is 123 Å². The molecule has 2 rings (SSSR count). The van der Waals surface area contributed by atoms with Crippen molar-refractivity contribution in [1.82, 2.24) is 0 Å². The molecule has 23 heavy (non-hydrogen) atoms. The molecule has 0 bridgehead atoms. The third kappa shape index (κ3) is 3.88. The maximum Gasteiger partial charge on any atom is 0.200 e. The lowest BCUT2D eigenvalue weighted by atomic mass is 9.98. The molecule has 0 amide bonds. The minimum Gasteiger partial charge on any atom is -0.394 e. The first-order valence-electron chi connectivity index (χ1n) is 6.52. The lowest BCUT2D eigenvalue weighted by molar-refractivity contribution is -0.159. The van der Waals surface area contributed by atoms with Gasteiger partial charge in [0.25, 0.3) is 0 Å². The Balaban J connectivity index is 2.30. The number of rotatable bonds is 4.